The van der Waals surface area contributed by atoms with Crippen molar-refractivity contribution < 1.29 is 23.9 Å². The van der Waals surface area contributed by atoms with Crippen molar-refractivity contribution in [3.05, 3.63) is 45.8 Å². The predicted molar refractivity (Wildman–Crippen MR) is 104 cm³/mol. The molecule has 1 aromatic carbocycles. The number of nitrogen functional groups attached to an aromatic ring is 1. The van der Waals surface area contributed by atoms with Crippen LogP contribution in [0.4, 0.5) is 10.7 Å². The van der Waals surface area contributed by atoms with Gasteiger partial charge in [0.15, 0.2) is 6.61 Å². The number of esters is 2. The van der Waals surface area contributed by atoms with Crippen LogP contribution < -0.4 is 11.1 Å². The van der Waals surface area contributed by atoms with E-state index in [0.29, 0.717) is 21.8 Å². The van der Waals surface area contributed by atoms with E-state index in [1.807, 2.05) is 13.8 Å². The summed E-state index contributed by atoms with van der Waals surface area (Å²) in [5, 5.41) is 3.04. The van der Waals surface area contributed by atoms with E-state index in [-0.39, 0.29) is 6.61 Å². The van der Waals surface area contributed by atoms with Gasteiger partial charge in [0.2, 0.25) is 0 Å². The van der Waals surface area contributed by atoms with Gasteiger partial charge >= 0.3 is 11.9 Å². The number of hydrogen-bond donors (Lipinski definition) is 2. The molecule has 2 rings (SSSR count). The molecule has 1 amide bonds. The standard InChI is InChI=1S/C19H22N2O5S/c1-4-14-11(3)16(19(24)25-5-2)17(27-14)21-15(22)10-26-18(23)12-6-8-13(20)9-7-12/h6-9H,4-5,10,20H2,1-3H3,(H,21,22). The molecule has 0 saturated carbocycles. The Morgan fingerprint density at radius 2 is 1.74 bits per heavy atom. The molecule has 0 saturated heterocycles. The smallest absolute Gasteiger partial charge is 0.341 e. The van der Waals surface area contributed by atoms with Crippen LogP contribution in [-0.4, -0.2) is 31.1 Å². The average Bonchev–Trinajstić information content (AvgIpc) is 2.95. The third-order valence-electron chi connectivity index (χ3n) is 3.78. The van der Waals surface area contributed by atoms with Crippen molar-refractivity contribution in [1.29, 1.82) is 0 Å². The van der Waals surface area contributed by atoms with Crippen molar-refractivity contribution in [3.8, 4) is 0 Å². The molecule has 27 heavy (non-hydrogen) atoms. The van der Waals surface area contributed by atoms with Crippen molar-refractivity contribution >= 4 is 39.9 Å². The number of aryl methyl sites for hydroxylation is 1. The lowest BCUT2D eigenvalue weighted by molar-refractivity contribution is -0.119. The second-order valence-corrected chi connectivity index (χ2v) is 6.78. The highest BCUT2D eigenvalue weighted by atomic mass is 32.1. The van der Waals surface area contributed by atoms with E-state index in [1.54, 1.807) is 19.1 Å². The molecule has 8 heteroatoms. The van der Waals surface area contributed by atoms with Crippen molar-refractivity contribution in [1.82, 2.24) is 0 Å². The Kier molecular flexibility index (Phi) is 6.95. The molecule has 0 radical (unpaired) electrons. The van der Waals surface area contributed by atoms with Gasteiger partial charge in [-0.1, -0.05) is 6.92 Å². The molecular weight excluding hydrogens is 368 g/mol. The Morgan fingerprint density at radius 3 is 2.33 bits per heavy atom. The summed E-state index contributed by atoms with van der Waals surface area (Å²) in [5.74, 6) is -1.65. The van der Waals surface area contributed by atoms with E-state index >= 15 is 0 Å². The van der Waals surface area contributed by atoms with Crippen molar-refractivity contribution in [2.45, 2.75) is 27.2 Å². The third kappa shape index (κ3) is 5.07. The van der Waals surface area contributed by atoms with Crippen molar-refractivity contribution in [2.75, 3.05) is 24.3 Å². The van der Waals surface area contributed by atoms with Gasteiger partial charge in [-0.3, -0.25) is 4.79 Å². The molecular formula is C19H22N2O5S. The quantitative estimate of drug-likeness (QED) is 0.555. The Labute approximate surface area is 161 Å². The lowest BCUT2D eigenvalue weighted by Crippen LogP contribution is -2.21. The Morgan fingerprint density at radius 1 is 1.07 bits per heavy atom. The second-order valence-electron chi connectivity index (χ2n) is 5.67. The summed E-state index contributed by atoms with van der Waals surface area (Å²) < 4.78 is 10.1. The molecule has 3 N–H and O–H groups in total. The topological polar surface area (TPSA) is 108 Å². The van der Waals surface area contributed by atoms with Gasteiger partial charge in [0.25, 0.3) is 5.91 Å². The van der Waals surface area contributed by atoms with Gasteiger partial charge in [-0.25, -0.2) is 9.59 Å². The van der Waals surface area contributed by atoms with Crippen LogP contribution >= 0.6 is 11.3 Å². The number of amides is 1. The van der Waals surface area contributed by atoms with Gasteiger partial charge in [0.05, 0.1) is 17.7 Å². The highest BCUT2D eigenvalue weighted by Crippen LogP contribution is 2.34. The summed E-state index contributed by atoms with van der Waals surface area (Å²) in [6.07, 6.45) is 0.727. The van der Waals surface area contributed by atoms with Gasteiger partial charge in [-0.15, -0.1) is 11.3 Å². The number of rotatable bonds is 7. The fourth-order valence-corrected chi connectivity index (χ4v) is 3.58. The van der Waals surface area contributed by atoms with Crippen LogP contribution in [0.2, 0.25) is 0 Å². The minimum atomic E-state index is -0.632. The Bertz CT molecular complexity index is 843. The van der Waals surface area contributed by atoms with Gasteiger partial charge in [0.1, 0.15) is 5.00 Å². The van der Waals surface area contributed by atoms with E-state index in [2.05, 4.69) is 5.32 Å². The van der Waals surface area contributed by atoms with Gasteiger partial charge in [-0.05, 0) is 50.1 Å². The summed E-state index contributed by atoms with van der Waals surface area (Å²) in [7, 11) is 0. The number of ether oxygens (including phenoxy) is 2. The number of benzene rings is 1. The van der Waals surface area contributed by atoms with Crippen LogP contribution in [0.3, 0.4) is 0 Å². The molecule has 0 atom stereocenters. The number of hydrogen-bond acceptors (Lipinski definition) is 7. The number of carbonyl (C=O) groups excluding carboxylic acids is 3. The second kappa shape index (κ2) is 9.18. The molecule has 1 heterocycles. The maximum absolute atomic E-state index is 12.2. The largest absolute Gasteiger partial charge is 0.462 e. The zero-order valence-corrected chi connectivity index (χ0v) is 16.3. The predicted octanol–water partition coefficient (Wildman–Crippen LogP) is 3.17. The fourth-order valence-electron chi connectivity index (χ4n) is 2.43. The number of nitrogens with two attached hydrogens (primary N) is 1. The molecule has 0 bridgehead atoms. The number of thiophene rings is 1. The lowest BCUT2D eigenvalue weighted by Gasteiger charge is -2.08. The summed E-state index contributed by atoms with van der Waals surface area (Å²) in [4.78, 5) is 37.3. The third-order valence-corrected chi connectivity index (χ3v) is 5.13. The molecule has 0 fully saturated rings. The fraction of sp³-hybridized carbons (Fsp3) is 0.316. The summed E-state index contributed by atoms with van der Waals surface area (Å²) in [6.45, 7) is 5.27. The van der Waals surface area contributed by atoms with Crippen LogP contribution in [-0.2, 0) is 20.7 Å². The highest BCUT2D eigenvalue weighted by Gasteiger charge is 2.23. The molecule has 0 aliphatic rings. The molecule has 0 aliphatic carbocycles. The monoisotopic (exact) mass is 390 g/mol. The van der Waals surface area contributed by atoms with Crippen molar-refractivity contribution in [2.24, 2.45) is 0 Å². The van der Waals surface area contributed by atoms with Gasteiger partial charge < -0.3 is 20.5 Å². The first-order valence-electron chi connectivity index (χ1n) is 8.49. The van der Waals surface area contributed by atoms with Gasteiger partial charge in [-0.2, -0.15) is 0 Å². The number of nitrogens with one attached hydrogen (secondary N) is 1. The van der Waals surface area contributed by atoms with E-state index in [9.17, 15) is 14.4 Å². The van der Waals surface area contributed by atoms with E-state index in [4.69, 9.17) is 15.2 Å². The summed E-state index contributed by atoms with van der Waals surface area (Å²) in [6, 6.07) is 6.18. The first kappa shape index (κ1) is 20.4. The van der Waals surface area contributed by atoms with E-state index < -0.39 is 24.5 Å². The minimum absolute atomic E-state index is 0.238. The minimum Gasteiger partial charge on any atom is -0.462 e. The normalized spacial score (nSPS) is 10.3. The maximum Gasteiger partial charge on any atom is 0.341 e. The van der Waals surface area contributed by atoms with Crippen LogP contribution in [0.5, 0.6) is 0 Å². The molecule has 0 spiro atoms. The average molecular weight is 390 g/mol. The van der Waals surface area contributed by atoms with Crippen LogP contribution in [0.15, 0.2) is 24.3 Å². The number of carbonyl (C=O) groups is 3. The van der Waals surface area contributed by atoms with Crippen molar-refractivity contribution in [3.63, 3.8) is 0 Å². The molecule has 2 aromatic rings. The van der Waals surface area contributed by atoms with E-state index in [1.165, 1.54) is 23.5 Å². The zero-order valence-electron chi connectivity index (χ0n) is 15.5. The lowest BCUT2D eigenvalue weighted by atomic mass is 10.1. The van der Waals surface area contributed by atoms with Crippen LogP contribution in [0, 0.1) is 6.92 Å². The van der Waals surface area contributed by atoms with E-state index in [0.717, 1.165) is 16.9 Å². The highest BCUT2D eigenvalue weighted by molar-refractivity contribution is 7.17. The zero-order chi connectivity index (χ0) is 20.0. The van der Waals surface area contributed by atoms with Crippen LogP contribution in [0.1, 0.15) is 45.0 Å². The Balaban J connectivity index is 2.05. The maximum atomic E-state index is 12.2. The molecule has 0 aliphatic heterocycles. The Hall–Kier alpha value is -2.87. The first-order chi connectivity index (χ1) is 12.9. The summed E-state index contributed by atoms with van der Waals surface area (Å²) in [5.41, 5.74) is 7.52. The van der Waals surface area contributed by atoms with Crippen LogP contribution in [0.25, 0.3) is 0 Å². The summed E-state index contributed by atoms with van der Waals surface area (Å²) >= 11 is 1.31. The molecule has 1 aromatic heterocycles. The molecule has 144 valence electrons. The number of anilines is 2. The van der Waals surface area contributed by atoms with Gasteiger partial charge in [0, 0.05) is 10.6 Å². The first-order valence-corrected chi connectivity index (χ1v) is 9.30. The SMILES string of the molecule is CCOC(=O)c1c(NC(=O)COC(=O)c2ccc(N)cc2)sc(CC)c1C. The molecule has 0 unspecified atom stereocenters. The molecule has 7 nitrogen and oxygen atoms in total.